The summed E-state index contributed by atoms with van der Waals surface area (Å²) in [6, 6.07) is -0.188. The van der Waals surface area contributed by atoms with E-state index in [0.717, 1.165) is 18.3 Å². The van der Waals surface area contributed by atoms with Gasteiger partial charge in [-0.25, -0.2) is 0 Å². The molecular weight excluding hydrogens is 185 g/mol. The van der Waals surface area contributed by atoms with Crippen LogP contribution in [0.3, 0.4) is 0 Å². The topological polar surface area (TPSA) is 58.9 Å². The third-order valence-electron chi connectivity index (χ3n) is 1.48. The van der Waals surface area contributed by atoms with E-state index < -0.39 is 17.6 Å². The Bertz CT molecular complexity index is 344. The summed E-state index contributed by atoms with van der Waals surface area (Å²) < 4.78 is 36.1. The fourth-order valence-electron chi connectivity index (χ4n) is 0.819. The molecule has 0 unspecified atom stereocenters. The van der Waals surface area contributed by atoms with Gasteiger partial charge in [-0.2, -0.15) is 13.2 Å². The van der Waals surface area contributed by atoms with E-state index in [1.54, 1.807) is 0 Å². The Morgan fingerprint density at radius 3 is 2.54 bits per heavy atom. The maximum atomic E-state index is 12.0. The van der Waals surface area contributed by atoms with Gasteiger partial charge in [-0.05, 0) is 0 Å². The zero-order valence-corrected chi connectivity index (χ0v) is 6.43. The summed E-state index contributed by atoms with van der Waals surface area (Å²) in [5.41, 5.74) is 4.01. The minimum absolute atomic E-state index is 0.333. The second-order valence-corrected chi connectivity index (χ2v) is 2.50. The van der Waals surface area contributed by atoms with Crippen molar-refractivity contribution in [3.8, 4) is 0 Å². The number of alkyl halides is 3. The van der Waals surface area contributed by atoms with Crippen molar-refractivity contribution >= 4 is 0 Å². The summed E-state index contributed by atoms with van der Waals surface area (Å²) >= 11 is 0. The maximum absolute atomic E-state index is 12.0. The number of hydrogen-bond donors (Lipinski definition) is 2. The first kappa shape index (κ1) is 9.79. The van der Waals surface area contributed by atoms with Gasteiger partial charge in [0, 0.05) is 24.0 Å². The van der Waals surface area contributed by atoms with Crippen molar-refractivity contribution in [2.75, 3.05) is 0 Å². The second kappa shape index (κ2) is 3.21. The maximum Gasteiger partial charge on any atom is 0.409 e. The Hall–Kier alpha value is -1.30. The molecule has 0 aliphatic rings. The van der Waals surface area contributed by atoms with Crippen LogP contribution in [0.5, 0.6) is 0 Å². The van der Waals surface area contributed by atoms with Crippen LogP contribution in [0.1, 0.15) is 11.7 Å². The highest BCUT2D eigenvalue weighted by Gasteiger charge is 2.38. The molecule has 1 aromatic heterocycles. The van der Waals surface area contributed by atoms with Crippen molar-refractivity contribution in [1.82, 2.24) is 4.98 Å². The molecule has 6 heteroatoms. The van der Waals surface area contributed by atoms with Gasteiger partial charge >= 0.3 is 6.18 Å². The summed E-state index contributed by atoms with van der Waals surface area (Å²) in [6.45, 7) is 0. The molecule has 0 spiro atoms. The molecule has 0 bridgehead atoms. The highest BCUT2D eigenvalue weighted by Crippen LogP contribution is 2.28. The lowest BCUT2D eigenvalue weighted by Crippen LogP contribution is -2.30. The number of aromatic amines is 1. The van der Waals surface area contributed by atoms with Crippen LogP contribution in [-0.4, -0.2) is 11.2 Å². The van der Waals surface area contributed by atoms with E-state index in [-0.39, 0.29) is 5.69 Å². The number of nitrogens with two attached hydrogens (primary N) is 1. The summed E-state index contributed by atoms with van der Waals surface area (Å²) in [4.78, 5) is 12.9. The SMILES string of the molecule is N[C@@H](c1cc(=O)cc[nH]1)C(F)(F)F. The first-order valence-electron chi connectivity index (χ1n) is 3.42. The van der Waals surface area contributed by atoms with Crippen molar-refractivity contribution in [2.45, 2.75) is 12.2 Å². The summed E-state index contributed by atoms with van der Waals surface area (Å²) in [6.07, 6.45) is -3.41. The quantitative estimate of drug-likeness (QED) is 0.695. The lowest BCUT2D eigenvalue weighted by atomic mass is 10.2. The summed E-state index contributed by atoms with van der Waals surface area (Å²) in [5, 5.41) is 0. The molecule has 0 aliphatic heterocycles. The molecule has 1 rings (SSSR count). The fourth-order valence-corrected chi connectivity index (χ4v) is 0.819. The van der Waals surface area contributed by atoms with E-state index in [1.807, 2.05) is 0 Å². The Kier molecular flexibility index (Phi) is 2.42. The molecule has 3 nitrogen and oxygen atoms in total. The van der Waals surface area contributed by atoms with Gasteiger partial charge in [-0.15, -0.1) is 0 Å². The van der Waals surface area contributed by atoms with Crippen molar-refractivity contribution in [1.29, 1.82) is 0 Å². The van der Waals surface area contributed by atoms with Gasteiger partial charge in [0.15, 0.2) is 5.43 Å². The third-order valence-corrected chi connectivity index (χ3v) is 1.48. The molecule has 0 radical (unpaired) electrons. The van der Waals surface area contributed by atoms with Crippen LogP contribution in [0.25, 0.3) is 0 Å². The molecule has 0 amide bonds. The van der Waals surface area contributed by atoms with Gasteiger partial charge in [0.2, 0.25) is 0 Å². The zero-order chi connectivity index (χ0) is 10.1. The Labute approximate surface area is 71.4 Å². The number of hydrogen-bond acceptors (Lipinski definition) is 2. The van der Waals surface area contributed by atoms with Crippen LogP contribution >= 0.6 is 0 Å². The molecular formula is C7H7F3N2O. The summed E-state index contributed by atoms with van der Waals surface area (Å²) in [5.74, 6) is 0. The van der Waals surface area contributed by atoms with Gasteiger partial charge in [-0.3, -0.25) is 4.79 Å². The molecule has 0 aliphatic carbocycles. The summed E-state index contributed by atoms with van der Waals surface area (Å²) in [7, 11) is 0. The smallest absolute Gasteiger partial charge is 0.363 e. The van der Waals surface area contributed by atoms with Crippen molar-refractivity contribution in [3.63, 3.8) is 0 Å². The van der Waals surface area contributed by atoms with Crippen LogP contribution in [0, 0.1) is 0 Å². The van der Waals surface area contributed by atoms with Crippen LogP contribution < -0.4 is 11.2 Å². The molecule has 3 N–H and O–H groups in total. The Morgan fingerprint density at radius 1 is 1.46 bits per heavy atom. The van der Waals surface area contributed by atoms with Crippen molar-refractivity contribution < 1.29 is 13.2 Å². The molecule has 0 saturated carbocycles. The van der Waals surface area contributed by atoms with Crippen LogP contribution in [0.4, 0.5) is 13.2 Å². The average molecular weight is 192 g/mol. The van der Waals surface area contributed by atoms with Crippen LogP contribution in [0.2, 0.25) is 0 Å². The number of rotatable bonds is 1. The van der Waals surface area contributed by atoms with Gasteiger partial charge < -0.3 is 10.7 Å². The zero-order valence-electron chi connectivity index (χ0n) is 6.43. The van der Waals surface area contributed by atoms with Crippen molar-refractivity contribution in [3.05, 3.63) is 34.2 Å². The number of halogens is 3. The van der Waals surface area contributed by atoms with Crippen LogP contribution in [-0.2, 0) is 0 Å². The first-order chi connectivity index (χ1) is 5.91. The lowest BCUT2D eigenvalue weighted by molar-refractivity contribution is -0.150. The van der Waals surface area contributed by atoms with E-state index >= 15 is 0 Å². The largest absolute Gasteiger partial charge is 0.409 e. The fraction of sp³-hybridized carbons (Fsp3) is 0.286. The average Bonchev–Trinajstić information content (AvgIpc) is 2.01. The van der Waals surface area contributed by atoms with E-state index in [2.05, 4.69) is 4.98 Å². The number of nitrogens with one attached hydrogen (secondary N) is 1. The predicted octanol–water partition coefficient (Wildman–Crippen LogP) is 0.937. The van der Waals surface area contributed by atoms with Gasteiger partial charge in [-0.1, -0.05) is 0 Å². The molecule has 13 heavy (non-hydrogen) atoms. The van der Waals surface area contributed by atoms with E-state index in [4.69, 9.17) is 5.73 Å². The molecule has 1 heterocycles. The molecule has 0 saturated heterocycles. The normalized spacial score (nSPS) is 14.2. The number of pyridine rings is 1. The van der Waals surface area contributed by atoms with Crippen LogP contribution in [0.15, 0.2) is 23.1 Å². The van der Waals surface area contributed by atoms with Crippen molar-refractivity contribution in [2.24, 2.45) is 5.73 Å². The predicted molar refractivity (Wildman–Crippen MR) is 40.0 cm³/mol. The first-order valence-corrected chi connectivity index (χ1v) is 3.42. The molecule has 0 fully saturated rings. The monoisotopic (exact) mass is 192 g/mol. The Balaban J connectivity index is 3.02. The molecule has 0 aromatic carbocycles. The molecule has 72 valence electrons. The number of H-pyrrole nitrogens is 1. The molecule has 1 atom stereocenters. The van der Waals surface area contributed by atoms with Gasteiger partial charge in [0.25, 0.3) is 0 Å². The van der Waals surface area contributed by atoms with E-state index in [1.165, 1.54) is 0 Å². The standard InChI is InChI=1S/C7H7F3N2O/c8-7(9,10)6(11)5-3-4(13)1-2-12-5/h1-3,6H,11H2,(H,12,13)/t6-/m0/s1. The molecule has 1 aromatic rings. The minimum atomic E-state index is -4.54. The highest BCUT2D eigenvalue weighted by atomic mass is 19.4. The highest BCUT2D eigenvalue weighted by molar-refractivity contribution is 5.10. The second-order valence-electron chi connectivity index (χ2n) is 2.50. The lowest BCUT2D eigenvalue weighted by Gasteiger charge is -2.14. The minimum Gasteiger partial charge on any atom is -0.363 e. The third kappa shape index (κ3) is 2.32. The van der Waals surface area contributed by atoms with E-state index in [0.29, 0.717) is 0 Å². The number of aromatic nitrogens is 1. The van der Waals surface area contributed by atoms with Gasteiger partial charge in [0.05, 0.1) is 0 Å². The Morgan fingerprint density at radius 2 is 2.08 bits per heavy atom. The van der Waals surface area contributed by atoms with E-state index in [9.17, 15) is 18.0 Å². The van der Waals surface area contributed by atoms with Gasteiger partial charge in [0.1, 0.15) is 6.04 Å².